The van der Waals surface area contributed by atoms with E-state index in [-0.39, 0.29) is 10.0 Å². The topological polar surface area (TPSA) is 109 Å². The van der Waals surface area contributed by atoms with Crippen molar-refractivity contribution in [2.75, 3.05) is 22.5 Å². The number of ether oxygens (including phenoxy) is 1. The van der Waals surface area contributed by atoms with Gasteiger partial charge in [0.1, 0.15) is 11.3 Å². The average Bonchev–Trinajstić information content (AvgIpc) is 3.14. The van der Waals surface area contributed by atoms with E-state index in [4.69, 9.17) is 4.74 Å². The van der Waals surface area contributed by atoms with Crippen LogP contribution in [-0.4, -0.2) is 26.5 Å². The van der Waals surface area contributed by atoms with Gasteiger partial charge >= 0.3 is 6.03 Å². The molecule has 0 aliphatic heterocycles. The van der Waals surface area contributed by atoms with Crippen LogP contribution in [0.5, 0.6) is 5.75 Å². The first kappa shape index (κ1) is 22.6. The maximum Gasteiger partial charge on any atom is 0.323 e. The zero-order valence-corrected chi connectivity index (χ0v) is 19.8. The summed E-state index contributed by atoms with van der Waals surface area (Å²) in [6, 6.07) is 16.8. The number of carbonyl (C=O) groups excluding carboxylic acids is 1. The fraction of sp³-hybridized carbons (Fsp3) is 0.130. The number of rotatable bonds is 6. The first-order chi connectivity index (χ1) is 15.7. The molecule has 10 heteroatoms. The lowest BCUT2D eigenvalue weighted by Crippen LogP contribution is -2.19. The van der Waals surface area contributed by atoms with Crippen LogP contribution in [0.3, 0.4) is 0 Å². The SMILES string of the molecule is COc1cc(NC(=O)Nc2cc(C)cc(C)c2)cc2sc(NS(=O)(=O)c3ccccc3)nc12. The van der Waals surface area contributed by atoms with Crippen LogP contribution in [0.1, 0.15) is 11.1 Å². The van der Waals surface area contributed by atoms with Gasteiger partial charge in [0.25, 0.3) is 10.0 Å². The number of urea groups is 1. The number of aromatic nitrogens is 1. The highest BCUT2D eigenvalue weighted by Gasteiger charge is 2.18. The zero-order valence-electron chi connectivity index (χ0n) is 18.2. The first-order valence-electron chi connectivity index (χ1n) is 9.96. The van der Waals surface area contributed by atoms with E-state index in [0.29, 0.717) is 27.3 Å². The Labute approximate surface area is 195 Å². The first-order valence-corrected chi connectivity index (χ1v) is 12.3. The fourth-order valence-electron chi connectivity index (χ4n) is 3.38. The van der Waals surface area contributed by atoms with E-state index in [1.54, 1.807) is 30.3 Å². The molecule has 2 amide bonds. The molecule has 0 aliphatic rings. The van der Waals surface area contributed by atoms with Gasteiger partial charge in [0.2, 0.25) is 0 Å². The summed E-state index contributed by atoms with van der Waals surface area (Å²) in [4.78, 5) is 17.0. The quantitative estimate of drug-likeness (QED) is 0.342. The molecule has 0 atom stereocenters. The number of hydrogen-bond donors (Lipinski definition) is 3. The van der Waals surface area contributed by atoms with Crippen molar-refractivity contribution in [2.45, 2.75) is 18.7 Å². The molecule has 1 aromatic heterocycles. The van der Waals surface area contributed by atoms with Crippen LogP contribution in [0.15, 0.2) is 65.6 Å². The molecule has 0 saturated carbocycles. The molecule has 4 aromatic rings. The molecule has 1 heterocycles. The molecule has 0 spiro atoms. The van der Waals surface area contributed by atoms with Crippen molar-refractivity contribution in [3.05, 3.63) is 71.8 Å². The molecular weight excluding hydrogens is 460 g/mol. The number of thiazole rings is 1. The van der Waals surface area contributed by atoms with Crippen molar-refractivity contribution in [3.63, 3.8) is 0 Å². The van der Waals surface area contributed by atoms with Gasteiger partial charge in [-0.05, 0) is 55.3 Å². The maximum absolute atomic E-state index is 12.6. The molecule has 0 fully saturated rings. The zero-order chi connectivity index (χ0) is 23.6. The monoisotopic (exact) mass is 482 g/mol. The van der Waals surface area contributed by atoms with Crippen molar-refractivity contribution >= 4 is 54.1 Å². The van der Waals surface area contributed by atoms with Gasteiger partial charge in [-0.2, -0.15) is 0 Å². The van der Waals surface area contributed by atoms with E-state index in [1.807, 2.05) is 32.0 Å². The number of anilines is 3. The van der Waals surface area contributed by atoms with Crippen molar-refractivity contribution in [1.29, 1.82) is 0 Å². The lowest BCUT2D eigenvalue weighted by molar-refractivity contribution is 0.262. The van der Waals surface area contributed by atoms with Crippen molar-refractivity contribution in [3.8, 4) is 5.75 Å². The van der Waals surface area contributed by atoms with E-state index in [2.05, 4.69) is 20.3 Å². The minimum Gasteiger partial charge on any atom is -0.494 e. The molecule has 3 aromatic carbocycles. The highest BCUT2D eigenvalue weighted by atomic mass is 32.2. The van der Waals surface area contributed by atoms with Gasteiger partial charge in [-0.1, -0.05) is 35.6 Å². The van der Waals surface area contributed by atoms with Crippen LogP contribution < -0.4 is 20.1 Å². The number of benzene rings is 3. The number of sulfonamides is 1. The Morgan fingerprint density at radius 2 is 1.58 bits per heavy atom. The van der Waals surface area contributed by atoms with Gasteiger partial charge in [-0.3, -0.25) is 4.72 Å². The number of methoxy groups -OCH3 is 1. The molecule has 0 saturated heterocycles. The molecule has 0 bridgehead atoms. The van der Waals surface area contributed by atoms with Crippen LogP contribution in [0, 0.1) is 13.8 Å². The minimum atomic E-state index is -3.77. The normalized spacial score (nSPS) is 11.2. The number of carbonyl (C=O) groups is 1. The van der Waals surface area contributed by atoms with Gasteiger partial charge in [-0.15, -0.1) is 0 Å². The fourth-order valence-corrected chi connectivity index (χ4v) is 5.56. The highest BCUT2D eigenvalue weighted by Crippen LogP contribution is 2.36. The lowest BCUT2D eigenvalue weighted by Gasteiger charge is -2.10. The minimum absolute atomic E-state index is 0.140. The third-order valence-corrected chi connectivity index (χ3v) is 7.09. The molecule has 4 rings (SSSR count). The number of nitrogens with zero attached hydrogens (tertiary/aromatic N) is 1. The molecule has 0 unspecified atom stereocenters. The summed E-state index contributed by atoms with van der Waals surface area (Å²) >= 11 is 1.14. The Hall–Kier alpha value is -3.63. The van der Waals surface area contributed by atoms with Gasteiger partial charge in [0.15, 0.2) is 5.13 Å². The molecule has 3 N–H and O–H groups in total. The maximum atomic E-state index is 12.6. The molecule has 170 valence electrons. The largest absolute Gasteiger partial charge is 0.494 e. The second kappa shape index (κ2) is 9.08. The van der Waals surface area contributed by atoms with Gasteiger partial charge < -0.3 is 15.4 Å². The molecule has 0 aliphatic carbocycles. The summed E-state index contributed by atoms with van der Waals surface area (Å²) in [6.45, 7) is 3.92. The van der Waals surface area contributed by atoms with Crippen LogP contribution in [0.25, 0.3) is 10.2 Å². The van der Waals surface area contributed by atoms with Gasteiger partial charge in [-0.25, -0.2) is 18.2 Å². The van der Waals surface area contributed by atoms with Crippen LogP contribution >= 0.6 is 11.3 Å². The standard InChI is InChI=1S/C23H22N4O4S2/c1-14-9-15(2)11-16(10-14)24-22(28)25-17-12-19(31-3)21-20(13-17)32-23(26-21)27-33(29,30)18-7-5-4-6-8-18/h4-13H,1-3H3,(H,26,27)(H2,24,25,28). The number of fused-ring (bicyclic) bond motifs is 1. The van der Waals surface area contributed by atoms with Gasteiger partial charge in [0.05, 0.1) is 16.7 Å². The molecule has 0 radical (unpaired) electrons. The Bertz CT molecular complexity index is 1410. The van der Waals surface area contributed by atoms with E-state index >= 15 is 0 Å². The van der Waals surface area contributed by atoms with Crippen LogP contribution in [0.2, 0.25) is 0 Å². The Morgan fingerprint density at radius 1 is 0.939 bits per heavy atom. The van der Waals surface area contributed by atoms with Crippen molar-refractivity contribution < 1.29 is 17.9 Å². The number of hydrogen-bond acceptors (Lipinski definition) is 6. The summed E-state index contributed by atoms with van der Waals surface area (Å²) in [6.07, 6.45) is 0. The Balaban J connectivity index is 1.57. The predicted molar refractivity (Wildman–Crippen MR) is 132 cm³/mol. The van der Waals surface area contributed by atoms with Crippen molar-refractivity contribution in [2.24, 2.45) is 0 Å². The second-order valence-corrected chi connectivity index (χ2v) is 10.1. The predicted octanol–water partition coefficient (Wildman–Crippen LogP) is 5.37. The molecule has 33 heavy (non-hydrogen) atoms. The van der Waals surface area contributed by atoms with Crippen LogP contribution in [0.4, 0.5) is 21.3 Å². The average molecular weight is 483 g/mol. The summed E-state index contributed by atoms with van der Waals surface area (Å²) in [5.74, 6) is 0.413. The Kier molecular flexibility index (Phi) is 6.21. The lowest BCUT2D eigenvalue weighted by atomic mass is 10.1. The molecule has 8 nitrogen and oxygen atoms in total. The smallest absolute Gasteiger partial charge is 0.323 e. The summed E-state index contributed by atoms with van der Waals surface area (Å²) in [7, 11) is -2.29. The Morgan fingerprint density at radius 3 is 2.21 bits per heavy atom. The van der Waals surface area contributed by atoms with Crippen LogP contribution in [-0.2, 0) is 10.0 Å². The summed E-state index contributed by atoms with van der Waals surface area (Å²) in [5.41, 5.74) is 3.76. The van der Waals surface area contributed by atoms with E-state index in [1.165, 1.54) is 19.2 Å². The third-order valence-electron chi connectivity index (χ3n) is 4.69. The van der Waals surface area contributed by atoms with E-state index in [9.17, 15) is 13.2 Å². The third kappa shape index (κ3) is 5.24. The van der Waals surface area contributed by atoms with E-state index in [0.717, 1.165) is 22.5 Å². The van der Waals surface area contributed by atoms with Gasteiger partial charge in [0, 0.05) is 17.4 Å². The van der Waals surface area contributed by atoms with E-state index < -0.39 is 16.1 Å². The second-order valence-electron chi connectivity index (χ2n) is 7.42. The molecular formula is C23H22N4O4S2. The number of amides is 2. The number of aryl methyl sites for hydroxylation is 2. The summed E-state index contributed by atoms with van der Waals surface area (Å²) in [5, 5.41) is 5.81. The number of nitrogens with one attached hydrogen (secondary N) is 3. The summed E-state index contributed by atoms with van der Waals surface area (Å²) < 4.78 is 33.8. The van der Waals surface area contributed by atoms with Crippen molar-refractivity contribution in [1.82, 2.24) is 4.98 Å². The highest BCUT2D eigenvalue weighted by molar-refractivity contribution is 7.93.